The van der Waals surface area contributed by atoms with Crippen LogP contribution in [-0.2, 0) is 0 Å². The van der Waals surface area contributed by atoms with E-state index in [2.05, 4.69) is 15.3 Å². The Balaban J connectivity index is 1.55. The number of hydrogen-bond acceptors (Lipinski definition) is 7. The van der Waals surface area contributed by atoms with E-state index >= 15 is 0 Å². The molecule has 0 unspecified atom stereocenters. The molecule has 10 nitrogen and oxygen atoms in total. The SMILES string of the molecule is CN1C=C(F)C=C(NC(=O)c2ccc(-n3c(=O)n(-c4cccc(N(C)C)c4)c4ncnc(N)c43)cc2)C1. The van der Waals surface area contributed by atoms with Crippen molar-refractivity contribution in [3.63, 3.8) is 0 Å². The van der Waals surface area contributed by atoms with Crippen molar-refractivity contribution in [1.82, 2.24) is 29.3 Å². The van der Waals surface area contributed by atoms with Gasteiger partial charge in [-0.2, -0.15) is 0 Å². The molecule has 3 heterocycles. The lowest BCUT2D eigenvalue weighted by atomic mass is 10.1. The molecule has 0 bridgehead atoms. The molecule has 4 aromatic rings. The quantitative estimate of drug-likeness (QED) is 0.433. The minimum absolute atomic E-state index is 0.148. The highest BCUT2D eigenvalue weighted by Crippen LogP contribution is 2.24. The van der Waals surface area contributed by atoms with Crippen LogP contribution in [0.5, 0.6) is 0 Å². The summed E-state index contributed by atoms with van der Waals surface area (Å²) in [6.45, 7) is 0.375. The predicted molar refractivity (Wildman–Crippen MR) is 141 cm³/mol. The van der Waals surface area contributed by atoms with E-state index in [0.717, 1.165) is 5.69 Å². The number of anilines is 2. The van der Waals surface area contributed by atoms with Gasteiger partial charge < -0.3 is 20.9 Å². The summed E-state index contributed by atoms with van der Waals surface area (Å²) in [7, 11) is 5.55. The van der Waals surface area contributed by atoms with E-state index in [1.807, 2.05) is 43.3 Å². The molecule has 0 fully saturated rings. The molecular weight excluding hydrogens is 475 g/mol. The number of hydrogen-bond donors (Lipinski definition) is 2. The van der Waals surface area contributed by atoms with E-state index in [9.17, 15) is 14.0 Å². The van der Waals surface area contributed by atoms with Crippen molar-refractivity contribution >= 4 is 28.6 Å². The summed E-state index contributed by atoms with van der Waals surface area (Å²) < 4.78 is 16.6. The first kappa shape index (κ1) is 23.8. The molecule has 5 rings (SSSR count). The van der Waals surface area contributed by atoms with Crippen LogP contribution in [0.1, 0.15) is 10.4 Å². The Morgan fingerprint density at radius 2 is 1.84 bits per heavy atom. The number of likely N-dealkylation sites (N-methyl/N-ethyl adjacent to an activating group) is 1. The molecule has 0 saturated heterocycles. The zero-order valence-electron chi connectivity index (χ0n) is 20.5. The monoisotopic (exact) mass is 500 g/mol. The number of imidazole rings is 1. The smallest absolute Gasteiger partial charge is 0.339 e. The predicted octanol–water partition coefficient (Wildman–Crippen LogP) is 2.59. The summed E-state index contributed by atoms with van der Waals surface area (Å²) in [5.41, 5.74) is 9.35. The van der Waals surface area contributed by atoms with Gasteiger partial charge in [0, 0.05) is 44.3 Å². The third-order valence-electron chi connectivity index (χ3n) is 5.99. The fourth-order valence-corrected chi connectivity index (χ4v) is 4.26. The lowest BCUT2D eigenvalue weighted by Crippen LogP contribution is -2.31. The van der Waals surface area contributed by atoms with Gasteiger partial charge >= 0.3 is 5.69 Å². The molecule has 11 heteroatoms. The first-order valence-corrected chi connectivity index (χ1v) is 11.4. The van der Waals surface area contributed by atoms with Gasteiger partial charge in [-0.3, -0.25) is 9.36 Å². The minimum Gasteiger partial charge on any atom is -0.382 e. The van der Waals surface area contributed by atoms with Gasteiger partial charge in [-0.25, -0.2) is 23.7 Å². The average Bonchev–Trinajstić information content (AvgIpc) is 3.16. The van der Waals surface area contributed by atoms with Crippen LogP contribution in [-0.4, -0.2) is 57.6 Å². The third kappa shape index (κ3) is 4.42. The molecule has 1 aliphatic heterocycles. The van der Waals surface area contributed by atoms with Crippen LogP contribution in [0.4, 0.5) is 15.9 Å². The maximum Gasteiger partial charge on any atom is 0.339 e. The molecule has 0 saturated carbocycles. The van der Waals surface area contributed by atoms with Gasteiger partial charge in [0.05, 0.1) is 17.9 Å². The van der Waals surface area contributed by atoms with Gasteiger partial charge in [-0.05, 0) is 48.5 Å². The molecule has 0 radical (unpaired) electrons. The van der Waals surface area contributed by atoms with Gasteiger partial charge in [0.25, 0.3) is 5.91 Å². The maximum atomic E-state index is 13.7. The molecule has 188 valence electrons. The highest BCUT2D eigenvalue weighted by Gasteiger charge is 2.21. The Hall–Kier alpha value is -4.93. The van der Waals surface area contributed by atoms with Crippen molar-refractivity contribution in [2.45, 2.75) is 0 Å². The number of rotatable bonds is 5. The summed E-state index contributed by atoms with van der Waals surface area (Å²) >= 11 is 0. The topological polar surface area (TPSA) is 114 Å². The number of nitrogens with zero attached hydrogens (tertiary/aromatic N) is 6. The molecule has 1 amide bonds. The fraction of sp³-hybridized carbons (Fsp3) is 0.154. The van der Waals surface area contributed by atoms with Crippen LogP contribution in [0.2, 0.25) is 0 Å². The molecule has 0 aliphatic carbocycles. The van der Waals surface area contributed by atoms with E-state index in [4.69, 9.17) is 5.73 Å². The first-order chi connectivity index (χ1) is 17.7. The number of allylic oxidation sites excluding steroid dienone is 2. The van der Waals surface area contributed by atoms with Crippen molar-refractivity contribution < 1.29 is 9.18 Å². The summed E-state index contributed by atoms with van der Waals surface area (Å²) in [6.07, 6.45) is 3.95. The van der Waals surface area contributed by atoms with E-state index in [-0.39, 0.29) is 17.4 Å². The summed E-state index contributed by atoms with van der Waals surface area (Å²) in [5, 5.41) is 2.73. The van der Waals surface area contributed by atoms with Crippen LogP contribution in [0.25, 0.3) is 22.5 Å². The van der Waals surface area contributed by atoms with E-state index in [1.54, 1.807) is 36.2 Å². The average molecular weight is 501 g/mol. The Labute approximate surface area is 211 Å². The second-order valence-electron chi connectivity index (χ2n) is 8.90. The van der Waals surface area contributed by atoms with Gasteiger partial charge in [-0.1, -0.05) is 6.07 Å². The molecule has 0 atom stereocenters. The first-order valence-electron chi connectivity index (χ1n) is 11.4. The molecular formula is C26H25FN8O2. The largest absolute Gasteiger partial charge is 0.382 e. The third-order valence-corrected chi connectivity index (χ3v) is 5.99. The Bertz CT molecular complexity index is 1630. The Morgan fingerprint density at radius 3 is 2.54 bits per heavy atom. The van der Waals surface area contributed by atoms with Crippen molar-refractivity contribution in [2.75, 3.05) is 38.3 Å². The highest BCUT2D eigenvalue weighted by molar-refractivity contribution is 5.95. The normalized spacial score (nSPS) is 13.4. The van der Waals surface area contributed by atoms with Gasteiger partial charge in [0.15, 0.2) is 11.5 Å². The number of nitrogens with two attached hydrogens (primary N) is 1. The molecule has 3 N–H and O–H groups in total. The van der Waals surface area contributed by atoms with E-state index < -0.39 is 5.83 Å². The van der Waals surface area contributed by atoms with Crippen molar-refractivity contribution in [2.24, 2.45) is 0 Å². The summed E-state index contributed by atoms with van der Waals surface area (Å²) in [6, 6.07) is 14.0. The zero-order valence-corrected chi connectivity index (χ0v) is 20.5. The highest BCUT2D eigenvalue weighted by atomic mass is 19.1. The van der Waals surface area contributed by atoms with Gasteiger partial charge in [-0.15, -0.1) is 0 Å². The van der Waals surface area contributed by atoms with E-state index in [0.29, 0.717) is 40.3 Å². The number of fused-ring (bicyclic) bond motifs is 1. The number of halogens is 1. The van der Waals surface area contributed by atoms with Crippen molar-refractivity contribution in [3.05, 3.63) is 94.7 Å². The van der Waals surface area contributed by atoms with E-state index in [1.165, 1.54) is 27.7 Å². The number of carbonyl (C=O) groups is 1. The zero-order chi connectivity index (χ0) is 26.3. The maximum absolute atomic E-state index is 13.7. The lowest BCUT2D eigenvalue weighted by molar-refractivity contribution is 0.0963. The van der Waals surface area contributed by atoms with Crippen LogP contribution in [0, 0.1) is 0 Å². The van der Waals surface area contributed by atoms with Crippen LogP contribution >= 0.6 is 0 Å². The fourth-order valence-electron chi connectivity index (χ4n) is 4.26. The molecule has 2 aromatic heterocycles. The Morgan fingerprint density at radius 1 is 1.08 bits per heavy atom. The van der Waals surface area contributed by atoms with Crippen molar-refractivity contribution in [3.8, 4) is 11.4 Å². The van der Waals surface area contributed by atoms with Gasteiger partial charge in [0.1, 0.15) is 17.7 Å². The molecule has 37 heavy (non-hydrogen) atoms. The number of carbonyl (C=O) groups excluding carboxylic acids is 1. The second-order valence-corrected chi connectivity index (χ2v) is 8.90. The number of amides is 1. The number of nitrogens with one attached hydrogen (secondary N) is 1. The van der Waals surface area contributed by atoms with Crippen LogP contribution in [0.15, 0.2) is 83.5 Å². The molecule has 2 aromatic carbocycles. The Kier molecular flexibility index (Phi) is 5.96. The number of benzene rings is 2. The van der Waals surface area contributed by atoms with Gasteiger partial charge in [0.2, 0.25) is 0 Å². The number of nitrogen functional groups attached to an aromatic ring is 1. The summed E-state index contributed by atoms with van der Waals surface area (Å²) in [4.78, 5) is 38.5. The van der Waals surface area contributed by atoms with Crippen LogP contribution in [0.3, 0.4) is 0 Å². The molecule has 0 spiro atoms. The van der Waals surface area contributed by atoms with Crippen LogP contribution < -0.4 is 21.6 Å². The second kappa shape index (κ2) is 9.26. The molecule has 1 aliphatic rings. The lowest BCUT2D eigenvalue weighted by Gasteiger charge is -2.21. The minimum atomic E-state index is -0.439. The summed E-state index contributed by atoms with van der Waals surface area (Å²) in [5.74, 6) is -0.681. The number of aromatic nitrogens is 4. The van der Waals surface area contributed by atoms with Crippen molar-refractivity contribution in [1.29, 1.82) is 0 Å². The standard InChI is InChI=1S/C26H25FN8O2/c1-32(2)20-5-4-6-21(12-20)35-24-22(23(28)29-15-30-24)34(26(35)37)19-9-7-16(8-10-19)25(36)31-18-11-17(27)13-33(3)14-18/h4-13,15H,14H2,1-3H3,(H,31,36)(H2,28,29,30).